The van der Waals surface area contributed by atoms with Crippen molar-refractivity contribution in [3.05, 3.63) is 27.7 Å². The van der Waals surface area contributed by atoms with Crippen LogP contribution in [-0.4, -0.2) is 7.11 Å². The second kappa shape index (κ2) is 5.22. The van der Waals surface area contributed by atoms with Gasteiger partial charge in [0.15, 0.2) is 0 Å². The number of nitrogens with two attached hydrogens (primary N) is 1. The van der Waals surface area contributed by atoms with Gasteiger partial charge >= 0.3 is 0 Å². The summed E-state index contributed by atoms with van der Waals surface area (Å²) in [6, 6.07) is 4.28. The maximum absolute atomic E-state index is 6.59. The molecule has 1 aliphatic carbocycles. The molecular formula is C15H22BrNO. The second-order valence-electron chi connectivity index (χ2n) is 5.59. The highest BCUT2D eigenvalue weighted by molar-refractivity contribution is 9.10. The zero-order chi connectivity index (χ0) is 13.3. The van der Waals surface area contributed by atoms with Crippen molar-refractivity contribution in [2.45, 2.75) is 51.0 Å². The standard InChI is InChI=1S/C15H22BrNO/c1-10(2)12-8-11(16)9-13(14(12)18-3)15(17)6-4-5-7-15/h8-10H,4-7,17H2,1-3H3. The van der Waals surface area contributed by atoms with Crippen molar-refractivity contribution in [3.63, 3.8) is 0 Å². The van der Waals surface area contributed by atoms with Crippen LogP contribution in [0.15, 0.2) is 16.6 Å². The van der Waals surface area contributed by atoms with E-state index in [9.17, 15) is 0 Å². The maximum atomic E-state index is 6.59. The highest BCUT2D eigenvalue weighted by Gasteiger charge is 2.35. The zero-order valence-corrected chi connectivity index (χ0v) is 13.0. The number of hydrogen-bond acceptors (Lipinski definition) is 2. The van der Waals surface area contributed by atoms with Crippen molar-refractivity contribution in [1.29, 1.82) is 0 Å². The first-order chi connectivity index (χ1) is 8.48. The van der Waals surface area contributed by atoms with Crippen LogP contribution in [-0.2, 0) is 5.54 Å². The lowest BCUT2D eigenvalue weighted by Gasteiger charge is -2.28. The Hall–Kier alpha value is -0.540. The second-order valence-corrected chi connectivity index (χ2v) is 6.51. The summed E-state index contributed by atoms with van der Waals surface area (Å²) in [5, 5.41) is 0. The van der Waals surface area contributed by atoms with Gasteiger partial charge in [-0.25, -0.2) is 0 Å². The summed E-state index contributed by atoms with van der Waals surface area (Å²) in [5.41, 5.74) is 8.79. The molecule has 1 aliphatic rings. The number of hydrogen-bond donors (Lipinski definition) is 1. The Bertz CT molecular complexity index is 436. The lowest BCUT2D eigenvalue weighted by molar-refractivity contribution is 0.373. The van der Waals surface area contributed by atoms with E-state index in [0.717, 1.165) is 23.1 Å². The Balaban J connectivity index is 2.58. The quantitative estimate of drug-likeness (QED) is 0.902. The fourth-order valence-corrected chi connectivity index (χ4v) is 3.39. The minimum atomic E-state index is -0.210. The predicted octanol–water partition coefficient (Wildman–Crippen LogP) is 4.31. The molecule has 0 amide bonds. The van der Waals surface area contributed by atoms with E-state index in [-0.39, 0.29) is 5.54 Å². The van der Waals surface area contributed by atoms with Crippen LogP contribution < -0.4 is 10.5 Å². The first kappa shape index (κ1) is 13.9. The third kappa shape index (κ3) is 2.43. The Morgan fingerprint density at radius 1 is 1.28 bits per heavy atom. The Kier molecular flexibility index (Phi) is 4.02. The Labute approximate surface area is 118 Å². The van der Waals surface area contributed by atoms with Crippen molar-refractivity contribution in [1.82, 2.24) is 0 Å². The molecule has 2 N–H and O–H groups in total. The molecular weight excluding hydrogens is 290 g/mol. The van der Waals surface area contributed by atoms with E-state index >= 15 is 0 Å². The lowest BCUT2D eigenvalue weighted by atomic mass is 9.85. The molecule has 0 unspecified atom stereocenters. The fourth-order valence-electron chi connectivity index (χ4n) is 2.92. The highest BCUT2D eigenvalue weighted by atomic mass is 79.9. The van der Waals surface area contributed by atoms with Crippen LogP contribution in [0.2, 0.25) is 0 Å². The van der Waals surface area contributed by atoms with E-state index in [1.165, 1.54) is 24.0 Å². The van der Waals surface area contributed by atoms with E-state index in [4.69, 9.17) is 10.5 Å². The van der Waals surface area contributed by atoms with Crippen molar-refractivity contribution in [2.75, 3.05) is 7.11 Å². The molecule has 0 aromatic heterocycles. The summed E-state index contributed by atoms with van der Waals surface area (Å²) in [7, 11) is 1.75. The van der Waals surface area contributed by atoms with Gasteiger partial charge in [-0.1, -0.05) is 42.6 Å². The smallest absolute Gasteiger partial charge is 0.127 e. The highest BCUT2D eigenvalue weighted by Crippen LogP contribution is 2.44. The maximum Gasteiger partial charge on any atom is 0.127 e. The molecule has 0 saturated heterocycles. The van der Waals surface area contributed by atoms with Crippen LogP contribution in [0.4, 0.5) is 0 Å². The molecule has 0 atom stereocenters. The van der Waals surface area contributed by atoms with Gasteiger partial charge in [0.2, 0.25) is 0 Å². The fraction of sp³-hybridized carbons (Fsp3) is 0.600. The van der Waals surface area contributed by atoms with Crippen LogP contribution in [0.5, 0.6) is 5.75 Å². The summed E-state index contributed by atoms with van der Waals surface area (Å²) in [5.74, 6) is 1.42. The average molecular weight is 312 g/mol. The molecule has 1 aromatic rings. The molecule has 100 valence electrons. The third-order valence-electron chi connectivity index (χ3n) is 3.94. The number of rotatable bonds is 3. The number of benzene rings is 1. The molecule has 2 rings (SSSR count). The lowest BCUT2D eigenvalue weighted by Crippen LogP contribution is -2.33. The monoisotopic (exact) mass is 311 g/mol. The van der Waals surface area contributed by atoms with E-state index in [0.29, 0.717) is 5.92 Å². The van der Waals surface area contributed by atoms with Gasteiger partial charge < -0.3 is 10.5 Å². The summed E-state index contributed by atoms with van der Waals surface area (Å²) in [6.07, 6.45) is 4.53. The van der Waals surface area contributed by atoms with Gasteiger partial charge in [-0.15, -0.1) is 0 Å². The summed E-state index contributed by atoms with van der Waals surface area (Å²) >= 11 is 3.60. The number of methoxy groups -OCH3 is 1. The Morgan fingerprint density at radius 3 is 2.39 bits per heavy atom. The Morgan fingerprint density at radius 2 is 1.89 bits per heavy atom. The van der Waals surface area contributed by atoms with Crippen LogP contribution in [0, 0.1) is 0 Å². The van der Waals surface area contributed by atoms with Crippen molar-refractivity contribution < 1.29 is 4.74 Å². The van der Waals surface area contributed by atoms with Gasteiger partial charge in [0.25, 0.3) is 0 Å². The van der Waals surface area contributed by atoms with E-state index in [2.05, 4.69) is 41.9 Å². The summed E-state index contributed by atoms with van der Waals surface area (Å²) in [4.78, 5) is 0. The number of ether oxygens (including phenoxy) is 1. The van der Waals surface area contributed by atoms with Crippen LogP contribution in [0.25, 0.3) is 0 Å². The van der Waals surface area contributed by atoms with Crippen molar-refractivity contribution in [2.24, 2.45) is 5.73 Å². The van der Waals surface area contributed by atoms with Gasteiger partial charge in [0.05, 0.1) is 7.11 Å². The molecule has 0 bridgehead atoms. The van der Waals surface area contributed by atoms with Gasteiger partial charge in [-0.05, 0) is 36.5 Å². The number of halogens is 1. The minimum Gasteiger partial charge on any atom is -0.496 e. The summed E-state index contributed by atoms with van der Waals surface area (Å²) in [6.45, 7) is 4.37. The minimum absolute atomic E-state index is 0.210. The van der Waals surface area contributed by atoms with E-state index in [1.807, 2.05) is 0 Å². The molecule has 18 heavy (non-hydrogen) atoms. The normalized spacial score (nSPS) is 18.3. The first-order valence-electron chi connectivity index (χ1n) is 6.65. The van der Waals surface area contributed by atoms with E-state index < -0.39 is 0 Å². The zero-order valence-electron chi connectivity index (χ0n) is 11.4. The van der Waals surface area contributed by atoms with Gasteiger partial charge in [0.1, 0.15) is 5.75 Å². The summed E-state index contributed by atoms with van der Waals surface area (Å²) < 4.78 is 6.77. The van der Waals surface area contributed by atoms with Crippen LogP contribution in [0.1, 0.15) is 56.6 Å². The van der Waals surface area contributed by atoms with Crippen LogP contribution in [0.3, 0.4) is 0 Å². The average Bonchev–Trinajstić information content (AvgIpc) is 2.76. The molecule has 2 nitrogen and oxygen atoms in total. The molecule has 1 fully saturated rings. The topological polar surface area (TPSA) is 35.2 Å². The SMILES string of the molecule is COc1c(C(C)C)cc(Br)cc1C1(N)CCCC1. The third-order valence-corrected chi connectivity index (χ3v) is 4.40. The molecule has 0 spiro atoms. The first-order valence-corrected chi connectivity index (χ1v) is 7.44. The molecule has 3 heteroatoms. The molecule has 1 aromatic carbocycles. The van der Waals surface area contributed by atoms with Crippen LogP contribution >= 0.6 is 15.9 Å². The molecule has 0 radical (unpaired) electrons. The van der Waals surface area contributed by atoms with Crippen molar-refractivity contribution in [3.8, 4) is 5.75 Å². The predicted molar refractivity (Wildman–Crippen MR) is 79.1 cm³/mol. The molecule has 1 saturated carbocycles. The molecule has 0 heterocycles. The van der Waals surface area contributed by atoms with Gasteiger partial charge in [-0.2, -0.15) is 0 Å². The largest absolute Gasteiger partial charge is 0.496 e. The van der Waals surface area contributed by atoms with Crippen molar-refractivity contribution >= 4 is 15.9 Å². The molecule has 0 aliphatic heterocycles. The van der Waals surface area contributed by atoms with Gasteiger partial charge in [0, 0.05) is 15.6 Å². The van der Waals surface area contributed by atoms with Gasteiger partial charge in [-0.3, -0.25) is 0 Å². The van der Waals surface area contributed by atoms with E-state index in [1.54, 1.807) is 7.11 Å².